The molecule has 7 nitrogen and oxygen atoms in total. The largest absolute Gasteiger partial charge is 0.388 e. The number of fused-ring (bicyclic) bond motifs is 1. The van der Waals surface area contributed by atoms with Gasteiger partial charge in [-0.2, -0.15) is 5.26 Å². The van der Waals surface area contributed by atoms with Crippen molar-refractivity contribution >= 4 is 17.5 Å². The quantitative estimate of drug-likeness (QED) is 0.522. The predicted molar refractivity (Wildman–Crippen MR) is 123 cm³/mol. The lowest BCUT2D eigenvalue weighted by atomic mass is 9.75. The molecule has 0 saturated carbocycles. The molecule has 0 spiro atoms. The maximum absolute atomic E-state index is 13.1. The molecule has 2 amide bonds. The first kappa shape index (κ1) is 23.6. The number of carbonyl (C=O) groups excluding carboxylic acids is 2. The first-order valence-electron chi connectivity index (χ1n) is 11.2. The molecule has 4 N–H and O–H groups in total. The number of aliphatic hydroxyl groups excluding tert-OH is 1. The molecule has 0 saturated heterocycles. The number of aromatic nitrogens is 1. The minimum Gasteiger partial charge on any atom is -0.388 e. The summed E-state index contributed by atoms with van der Waals surface area (Å²) in [4.78, 5) is 29.3. The number of nitrogens with one attached hydrogen (secondary N) is 3. The van der Waals surface area contributed by atoms with Gasteiger partial charge in [0.1, 0.15) is 11.7 Å². The van der Waals surface area contributed by atoms with Gasteiger partial charge in [0.15, 0.2) is 0 Å². The molecule has 1 aromatic heterocycles. The van der Waals surface area contributed by atoms with Crippen LogP contribution in [0.3, 0.4) is 0 Å². The molecule has 0 aliphatic heterocycles. The Morgan fingerprint density at radius 2 is 2.12 bits per heavy atom. The van der Waals surface area contributed by atoms with Crippen molar-refractivity contribution in [1.82, 2.24) is 10.3 Å². The molecular formula is C25H32N4O3. The number of aliphatic hydroxyl groups is 1. The molecule has 1 heterocycles. The molecule has 3 rings (SSSR count). The molecule has 2 atom stereocenters. The van der Waals surface area contributed by atoms with E-state index in [1.807, 2.05) is 13.8 Å². The van der Waals surface area contributed by atoms with Gasteiger partial charge in [-0.1, -0.05) is 39.7 Å². The van der Waals surface area contributed by atoms with E-state index in [0.717, 1.165) is 36.1 Å². The van der Waals surface area contributed by atoms with Crippen LogP contribution in [0.1, 0.15) is 85.4 Å². The van der Waals surface area contributed by atoms with E-state index in [2.05, 4.69) is 35.5 Å². The number of hydrogen-bond donors (Lipinski definition) is 4. The number of amides is 2. The van der Waals surface area contributed by atoms with Crippen molar-refractivity contribution in [2.24, 2.45) is 5.41 Å². The Kier molecular flexibility index (Phi) is 7.05. The molecule has 0 bridgehead atoms. The van der Waals surface area contributed by atoms with Crippen molar-refractivity contribution in [3.63, 3.8) is 0 Å². The average Bonchev–Trinajstić information content (AvgIpc) is 3.06. The smallest absolute Gasteiger partial charge is 0.268 e. The van der Waals surface area contributed by atoms with E-state index in [0.29, 0.717) is 29.8 Å². The maximum atomic E-state index is 13.1. The van der Waals surface area contributed by atoms with E-state index >= 15 is 0 Å². The van der Waals surface area contributed by atoms with Crippen LogP contribution in [-0.4, -0.2) is 27.9 Å². The third-order valence-electron chi connectivity index (χ3n) is 6.07. The van der Waals surface area contributed by atoms with Crippen molar-refractivity contribution in [1.29, 1.82) is 5.26 Å². The van der Waals surface area contributed by atoms with Gasteiger partial charge in [-0.25, -0.2) is 0 Å². The third-order valence-corrected chi connectivity index (χ3v) is 6.07. The van der Waals surface area contributed by atoms with Crippen LogP contribution in [0.2, 0.25) is 0 Å². The van der Waals surface area contributed by atoms with Gasteiger partial charge in [-0.15, -0.1) is 0 Å². The number of carbonyl (C=O) groups is 2. The number of aromatic amines is 1. The second-order valence-corrected chi connectivity index (χ2v) is 9.43. The van der Waals surface area contributed by atoms with Crippen molar-refractivity contribution in [2.75, 3.05) is 5.32 Å². The second kappa shape index (κ2) is 9.58. The van der Waals surface area contributed by atoms with Gasteiger partial charge in [0.2, 0.25) is 5.91 Å². The lowest BCUT2D eigenvalue weighted by Gasteiger charge is -2.33. The summed E-state index contributed by atoms with van der Waals surface area (Å²) in [6.45, 7) is 8.06. The van der Waals surface area contributed by atoms with Gasteiger partial charge < -0.3 is 20.7 Å². The molecule has 0 radical (unpaired) electrons. The highest BCUT2D eigenvalue weighted by atomic mass is 16.3. The number of benzene rings is 1. The van der Waals surface area contributed by atoms with Gasteiger partial charge in [0.25, 0.3) is 5.91 Å². The number of nitrogens with zero attached hydrogens (tertiary/aromatic N) is 1. The van der Waals surface area contributed by atoms with Crippen LogP contribution in [-0.2, 0) is 11.2 Å². The Labute approximate surface area is 189 Å². The lowest BCUT2D eigenvalue weighted by Crippen LogP contribution is -2.44. The van der Waals surface area contributed by atoms with Crippen molar-refractivity contribution in [3.8, 4) is 6.07 Å². The van der Waals surface area contributed by atoms with E-state index in [9.17, 15) is 14.7 Å². The summed E-state index contributed by atoms with van der Waals surface area (Å²) in [7, 11) is 0. The molecule has 7 heteroatoms. The Hall–Kier alpha value is -3.11. The van der Waals surface area contributed by atoms with Crippen molar-refractivity contribution in [3.05, 3.63) is 52.3 Å². The Bertz CT molecular complexity index is 1050. The average molecular weight is 437 g/mol. The SMILES string of the molecule is CCCCC(NC(=O)c1[nH]c2c(c1C)C(O)CC(C)(C)C2)C(=O)Nc1cccc(C#N)c1. The number of H-pyrrole nitrogens is 1. The maximum Gasteiger partial charge on any atom is 0.268 e. The molecule has 0 fully saturated rings. The van der Waals surface area contributed by atoms with E-state index in [1.54, 1.807) is 24.3 Å². The number of anilines is 1. The molecule has 2 unspecified atom stereocenters. The number of unbranched alkanes of at least 4 members (excludes halogenated alkanes) is 1. The first-order chi connectivity index (χ1) is 15.1. The third kappa shape index (κ3) is 5.20. The molecule has 1 aromatic carbocycles. The summed E-state index contributed by atoms with van der Waals surface area (Å²) in [5.41, 5.74) is 3.73. The van der Waals surface area contributed by atoms with Crippen LogP contribution in [0.5, 0.6) is 0 Å². The van der Waals surface area contributed by atoms with E-state index in [1.165, 1.54) is 0 Å². The highest BCUT2D eigenvalue weighted by Gasteiger charge is 2.35. The van der Waals surface area contributed by atoms with Crippen LogP contribution >= 0.6 is 0 Å². The van der Waals surface area contributed by atoms with Gasteiger partial charge in [0.05, 0.1) is 17.7 Å². The van der Waals surface area contributed by atoms with Crippen LogP contribution in [0.25, 0.3) is 0 Å². The van der Waals surface area contributed by atoms with E-state index in [4.69, 9.17) is 5.26 Å². The summed E-state index contributed by atoms with van der Waals surface area (Å²) in [5, 5.41) is 25.4. The molecule has 32 heavy (non-hydrogen) atoms. The van der Waals surface area contributed by atoms with E-state index < -0.39 is 12.1 Å². The van der Waals surface area contributed by atoms with Crippen molar-refractivity contribution < 1.29 is 14.7 Å². The van der Waals surface area contributed by atoms with Crippen molar-refractivity contribution in [2.45, 2.75) is 71.9 Å². The van der Waals surface area contributed by atoms with E-state index in [-0.39, 0.29) is 17.2 Å². The zero-order valence-electron chi connectivity index (χ0n) is 19.2. The van der Waals surface area contributed by atoms with Crippen LogP contribution in [0.4, 0.5) is 5.69 Å². The van der Waals surface area contributed by atoms with Gasteiger partial charge >= 0.3 is 0 Å². The summed E-state index contributed by atoms with van der Waals surface area (Å²) in [6, 6.07) is 8.02. The van der Waals surface area contributed by atoms with Crippen LogP contribution < -0.4 is 10.6 Å². The number of nitriles is 1. The fourth-order valence-corrected chi connectivity index (χ4v) is 4.47. The second-order valence-electron chi connectivity index (χ2n) is 9.43. The monoisotopic (exact) mass is 436 g/mol. The molecule has 1 aliphatic rings. The zero-order chi connectivity index (χ0) is 23.5. The van der Waals surface area contributed by atoms with Gasteiger partial charge in [0, 0.05) is 16.9 Å². The highest BCUT2D eigenvalue weighted by molar-refractivity contribution is 6.01. The first-order valence-corrected chi connectivity index (χ1v) is 11.2. The van der Waals surface area contributed by atoms with Crippen LogP contribution in [0, 0.1) is 23.7 Å². The van der Waals surface area contributed by atoms with Gasteiger partial charge in [-0.3, -0.25) is 9.59 Å². The fraction of sp³-hybridized carbons (Fsp3) is 0.480. The zero-order valence-corrected chi connectivity index (χ0v) is 19.2. The summed E-state index contributed by atoms with van der Waals surface area (Å²) < 4.78 is 0. The Balaban J connectivity index is 1.79. The predicted octanol–water partition coefficient (Wildman–Crippen LogP) is 4.13. The summed E-state index contributed by atoms with van der Waals surface area (Å²) >= 11 is 0. The number of rotatable bonds is 7. The molecular weight excluding hydrogens is 404 g/mol. The number of hydrogen-bond acceptors (Lipinski definition) is 4. The molecule has 1 aliphatic carbocycles. The normalized spacial score (nSPS) is 17.7. The lowest BCUT2D eigenvalue weighted by molar-refractivity contribution is -0.118. The standard InChI is InChI=1S/C25H32N4O3/c1-5-6-10-18(23(31)27-17-9-7-8-16(11-17)14-26)29-24(32)22-15(2)21-19(28-22)12-25(3,4)13-20(21)30/h7-9,11,18,20,28,30H,5-6,10,12-13H2,1-4H3,(H,27,31)(H,29,32). The topological polar surface area (TPSA) is 118 Å². The Morgan fingerprint density at radius 1 is 1.38 bits per heavy atom. The molecule has 2 aromatic rings. The minimum atomic E-state index is -0.714. The summed E-state index contributed by atoms with van der Waals surface area (Å²) in [6.07, 6.45) is 2.95. The molecule has 170 valence electrons. The highest BCUT2D eigenvalue weighted by Crippen LogP contribution is 2.42. The fourth-order valence-electron chi connectivity index (χ4n) is 4.47. The minimum absolute atomic E-state index is 0.0566. The van der Waals surface area contributed by atoms with Crippen LogP contribution in [0.15, 0.2) is 24.3 Å². The Morgan fingerprint density at radius 3 is 2.81 bits per heavy atom. The van der Waals surface area contributed by atoms with Gasteiger partial charge in [-0.05, 0) is 55.4 Å². The summed E-state index contributed by atoms with van der Waals surface area (Å²) in [5.74, 6) is -0.680.